The van der Waals surface area contributed by atoms with Gasteiger partial charge in [0.25, 0.3) is 0 Å². The minimum Gasteiger partial charge on any atom is -0.461 e. The van der Waals surface area contributed by atoms with Gasteiger partial charge in [-0.1, -0.05) is 24.1 Å². The number of hydrogen-bond donors (Lipinski definition) is 1. The Hall–Kier alpha value is -4.43. The molecule has 1 spiro atoms. The van der Waals surface area contributed by atoms with Crippen molar-refractivity contribution in [2.75, 3.05) is 50.0 Å². The molecule has 296 valence electrons. The van der Waals surface area contributed by atoms with E-state index in [0.29, 0.717) is 49.7 Å². The van der Waals surface area contributed by atoms with Gasteiger partial charge in [-0.05, 0) is 80.3 Å². The Kier molecular flexibility index (Phi) is 8.78. The van der Waals surface area contributed by atoms with Gasteiger partial charge in [0.2, 0.25) is 5.28 Å². The van der Waals surface area contributed by atoms with Crippen LogP contribution in [0, 0.1) is 34.3 Å². The third-order valence-corrected chi connectivity index (χ3v) is 14.4. The quantitative estimate of drug-likeness (QED) is 0.180. The van der Waals surface area contributed by atoms with Gasteiger partial charge in [0.15, 0.2) is 5.82 Å². The predicted molar refractivity (Wildman–Crippen MR) is 210 cm³/mol. The average Bonchev–Trinajstić information content (AvgIpc) is 3.53. The van der Waals surface area contributed by atoms with Gasteiger partial charge >= 0.3 is 12.0 Å². The van der Waals surface area contributed by atoms with E-state index < -0.39 is 23.3 Å². The summed E-state index contributed by atoms with van der Waals surface area (Å²) >= 11 is 13.9. The second kappa shape index (κ2) is 13.6. The first-order valence-corrected chi connectivity index (χ1v) is 20.8. The van der Waals surface area contributed by atoms with Crippen LogP contribution >= 0.6 is 34.5 Å². The Morgan fingerprint density at radius 3 is 2.74 bits per heavy atom. The van der Waals surface area contributed by atoms with Crippen LogP contribution in [0.1, 0.15) is 56.9 Å². The number of carbonyl (C=O) groups excluding carboxylic acids is 1. The monoisotopic (exact) mass is 836 g/mol. The molecule has 18 heteroatoms. The summed E-state index contributed by atoms with van der Waals surface area (Å²) in [5, 5.41) is 14.7. The van der Waals surface area contributed by atoms with Crippen LogP contribution in [0.4, 0.5) is 28.8 Å². The van der Waals surface area contributed by atoms with E-state index in [2.05, 4.69) is 24.9 Å². The number of nitrogens with two attached hydrogens (primary N) is 1. The van der Waals surface area contributed by atoms with Gasteiger partial charge in [-0.3, -0.25) is 4.90 Å². The lowest BCUT2D eigenvalue weighted by atomic mass is 9.66. The number of hydrogen-bond acceptors (Lipinski definition) is 11. The Bertz CT molecular complexity index is 2530. The third-order valence-electron chi connectivity index (χ3n) is 12.9. The van der Waals surface area contributed by atoms with Gasteiger partial charge in [0.1, 0.15) is 47.3 Å². The van der Waals surface area contributed by atoms with Gasteiger partial charge in [-0.25, -0.2) is 22.9 Å². The van der Waals surface area contributed by atoms with Crippen LogP contribution in [0.15, 0.2) is 24.5 Å². The Balaban J connectivity index is 1.09. The SMILES string of the molecule is N#Cc1c(N)sc2c(F)ccc(-c3c(Cl)cc4c(N5CCCC[C@@]6(C5)CN(C(=O)n5cnc(Cl)n5)[C@@H]6C5CC5)nc(OC[C@@]56CCCN5C[C@H](F)C6)nc4c3F)c12. The molecule has 0 unspecified atom stereocenters. The minimum atomic E-state index is -0.968. The number of carbonyl (C=O) groups is 1. The number of alkyl halides is 1. The van der Waals surface area contributed by atoms with Crippen molar-refractivity contribution in [2.24, 2.45) is 11.3 Å². The van der Waals surface area contributed by atoms with Gasteiger partial charge < -0.3 is 20.3 Å². The number of aromatic nitrogens is 5. The summed E-state index contributed by atoms with van der Waals surface area (Å²) in [6.45, 7) is 2.86. The number of amides is 1. The lowest BCUT2D eigenvalue weighted by Gasteiger charge is -2.58. The zero-order valence-electron chi connectivity index (χ0n) is 30.7. The number of anilines is 2. The van der Waals surface area contributed by atoms with E-state index in [1.807, 2.05) is 11.0 Å². The number of ether oxygens (including phenoxy) is 1. The van der Waals surface area contributed by atoms with Crippen LogP contribution in [0.3, 0.4) is 0 Å². The fraction of sp³-hybridized carbons (Fsp3) is 0.487. The number of thiophene rings is 1. The van der Waals surface area contributed by atoms with Gasteiger partial charge in [0, 0.05) is 60.4 Å². The first kappa shape index (κ1) is 36.9. The highest BCUT2D eigenvalue weighted by molar-refractivity contribution is 7.23. The molecule has 3 aromatic heterocycles. The van der Waals surface area contributed by atoms with Crippen molar-refractivity contribution in [3.8, 4) is 23.2 Å². The average molecular weight is 838 g/mol. The number of benzene rings is 2. The maximum atomic E-state index is 17.4. The van der Waals surface area contributed by atoms with E-state index in [9.17, 15) is 14.4 Å². The third kappa shape index (κ3) is 5.90. The smallest absolute Gasteiger partial charge is 0.346 e. The van der Waals surface area contributed by atoms with E-state index in [-0.39, 0.29) is 77.7 Å². The molecule has 5 aliphatic rings. The number of likely N-dealkylation sites (tertiary alicyclic amines) is 1. The van der Waals surface area contributed by atoms with E-state index in [1.54, 1.807) is 6.07 Å². The van der Waals surface area contributed by atoms with Crippen molar-refractivity contribution < 1.29 is 22.7 Å². The molecule has 12 nitrogen and oxygen atoms in total. The van der Waals surface area contributed by atoms with Crippen LogP contribution in [0.5, 0.6) is 6.01 Å². The topological polar surface area (TPSA) is 142 Å². The van der Waals surface area contributed by atoms with Gasteiger partial charge in [-0.15, -0.1) is 16.4 Å². The molecule has 7 heterocycles. The largest absolute Gasteiger partial charge is 0.461 e. The molecule has 57 heavy (non-hydrogen) atoms. The van der Waals surface area contributed by atoms with Gasteiger partial charge in [0.05, 0.1) is 20.8 Å². The Morgan fingerprint density at radius 2 is 1.96 bits per heavy atom. The number of nitriles is 1. The fourth-order valence-electron chi connectivity index (χ4n) is 10.3. The molecule has 4 saturated heterocycles. The van der Waals surface area contributed by atoms with Crippen molar-refractivity contribution in [1.29, 1.82) is 5.26 Å². The van der Waals surface area contributed by atoms with Crippen LogP contribution < -0.4 is 15.4 Å². The molecule has 5 aromatic rings. The fourth-order valence-corrected chi connectivity index (χ4v) is 11.7. The number of nitrogens with zero attached hydrogens (tertiary/aromatic N) is 9. The van der Waals surface area contributed by atoms with E-state index in [0.717, 1.165) is 62.8 Å². The molecule has 2 aromatic carbocycles. The van der Waals surface area contributed by atoms with Crippen LogP contribution in [0.25, 0.3) is 32.1 Å². The highest BCUT2D eigenvalue weighted by Crippen LogP contribution is 2.55. The normalized spacial score (nSPS) is 26.2. The van der Waals surface area contributed by atoms with Crippen molar-refractivity contribution in [3.05, 3.63) is 52.0 Å². The predicted octanol–water partition coefficient (Wildman–Crippen LogP) is 7.84. The number of nitrogen functional groups attached to an aromatic ring is 1. The Morgan fingerprint density at radius 1 is 1.12 bits per heavy atom. The first-order valence-electron chi connectivity index (χ1n) is 19.2. The molecular weight excluding hydrogens is 800 g/mol. The van der Waals surface area contributed by atoms with Crippen molar-refractivity contribution in [3.63, 3.8) is 0 Å². The zero-order valence-corrected chi connectivity index (χ0v) is 33.0. The van der Waals surface area contributed by atoms with E-state index in [4.69, 9.17) is 38.7 Å². The van der Waals surface area contributed by atoms with Crippen LogP contribution in [-0.2, 0) is 0 Å². The lowest BCUT2D eigenvalue weighted by Crippen LogP contribution is -2.70. The summed E-state index contributed by atoms with van der Waals surface area (Å²) in [7, 11) is 0. The molecule has 1 saturated carbocycles. The molecule has 4 aliphatic heterocycles. The highest BCUT2D eigenvalue weighted by atomic mass is 35.5. The number of halogens is 5. The van der Waals surface area contributed by atoms with Crippen molar-refractivity contribution in [1.82, 2.24) is 34.5 Å². The van der Waals surface area contributed by atoms with E-state index in [1.165, 1.54) is 23.1 Å². The molecule has 0 radical (unpaired) electrons. The molecule has 2 N–H and O–H groups in total. The van der Waals surface area contributed by atoms with Crippen LogP contribution in [0.2, 0.25) is 10.3 Å². The maximum Gasteiger partial charge on any atom is 0.346 e. The zero-order chi connectivity index (χ0) is 39.4. The van der Waals surface area contributed by atoms with Crippen molar-refractivity contribution >= 4 is 72.4 Å². The summed E-state index contributed by atoms with van der Waals surface area (Å²) in [5.74, 6) is -0.615. The molecule has 4 atom stereocenters. The number of fused-ring (bicyclic) bond motifs is 3. The molecule has 1 aliphatic carbocycles. The molecule has 10 rings (SSSR count). The Labute approximate surface area is 339 Å². The second-order valence-corrected chi connectivity index (χ2v) is 18.1. The first-order chi connectivity index (χ1) is 27.5. The maximum absolute atomic E-state index is 17.4. The summed E-state index contributed by atoms with van der Waals surface area (Å²) in [6, 6.07) is 5.89. The molecule has 0 bridgehead atoms. The summed E-state index contributed by atoms with van der Waals surface area (Å²) in [6.07, 6.45) is 7.00. The molecule has 1 amide bonds. The van der Waals surface area contributed by atoms with Gasteiger partial charge in [-0.2, -0.15) is 19.9 Å². The van der Waals surface area contributed by atoms with Crippen LogP contribution in [-0.4, -0.2) is 97.6 Å². The summed E-state index contributed by atoms with van der Waals surface area (Å²) in [4.78, 5) is 33.4. The minimum absolute atomic E-state index is 0.00334. The molecular formula is C39H37Cl2F3N10O2S. The highest BCUT2D eigenvalue weighted by Gasteiger charge is 2.60. The second-order valence-electron chi connectivity index (χ2n) is 16.3. The summed E-state index contributed by atoms with van der Waals surface area (Å²) in [5.41, 5.74) is 5.47. The standard InChI is InChI=1S/C39H37Cl2F3N10O2S/c40-25-12-23-30(29(44)28(25)22-6-7-26(43)31-27(22)24(14-45)33(46)57-31)48-36(56-18-39-9-3-11-52(39)15-21(42)13-39)49-34(23)51-10-2-1-8-38(16-51)17-53(32(38)20-4-5-20)37(55)54-19-47-35(41)50-54/h6-7,12,19-21,32H,1-5,8-11,13,15-18,46H2/t21-,32-,38-,39+/m1/s1. The van der Waals surface area contributed by atoms with Crippen molar-refractivity contribution in [2.45, 2.75) is 69.1 Å². The number of rotatable bonds is 6. The lowest BCUT2D eigenvalue weighted by molar-refractivity contribution is -0.0530. The molecule has 5 fully saturated rings. The summed E-state index contributed by atoms with van der Waals surface area (Å²) < 4.78 is 55.0. The van der Waals surface area contributed by atoms with E-state index >= 15 is 8.78 Å².